The molecule has 0 saturated heterocycles. The summed E-state index contributed by atoms with van der Waals surface area (Å²) in [5.41, 5.74) is 2.41. The average molecular weight is 329 g/mol. The molecule has 0 spiro atoms. The van der Waals surface area contributed by atoms with Crippen LogP contribution in [-0.2, 0) is 23.1 Å². The van der Waals surface area contributed by atoms with E-state index in [4.69, 9.17) is 0 Å². The van der Waals surface area contributed by atoms with Crippen LogP contribution < -0.4 is 10.0 Å². The minimum atomic E-state index is -3.62. The largest absolute Gasteiger partial charge is 0.349 e. The van der Waals surface area contributed by atoms with Crippen molar-refractivity contribution in [3.63, 3.8) is 0 Å². The van der Waals surface area contributed by atoms with Crippen LogP contribution in [0.4, 0.5) is 5.13 Å². The van der Waals surface area contributed by atoms with Crippen LogP contribution in [0.15, 0.2) is 22.7 Å². The zero-order chi connectivity index (χ0) is 15.5. The van der Waals surface area contributed by atoms with E-state index >= 15 is 0 Å². The van der Waals surface area contributed by atoms with Gasteiger partial charge in [-0.1, -0.05) is 25.2 Å². The van der Waals surface area contributed by atoms with E-state index < -0.39 is 10.0 Å². The third kappa shape index (κ3) is 4.02. The van der Waals surface area contributed by atoms with Crippen LogP contribution in [-0.4, -0.2) is 29.2 Å². The van der Waals surface area contributed by atoms with Crippen molar-refractivity contribution < 1.29 is 8.42 Å². The van der Waals surface area contributed by atoms with Crippen LogP contribution in [0.2, 0.25) is 0 Å². The molecule has 2 aromatic heterocycles. The van der Waals surface area contributed by atoms with Gasteiger partial charge < -0.3 is 9.88 Å². The Balaban J connectivity index is 2.23. The standard InChI is InChI=1S/C12H19N5O2S2/c1-4-17-7-11(5-10(17)6-13-9(2)3)21(18,19)16-12-15-14-8-20-12/h5,7-9,13H,4,6H2,1-3H3,(H,15,16). The van der Waals surface area contributed by atoms with E-state index in [-0.39, 0.29) is 10.0 Å². The Bertz CT molecular complexity index is 677. The molecule has 0 bridgehead atoms. The second-order valence-corrected chi connectivity index (χ2v) is 7.35. The molecule has 0 aliphatic heterocycles. The van der Waals surface area contributed by atoms with Gasteiger partial charge in [0, 0.05) is 31.0 Å². The van der Waals surface area contributed by atoms with Crippen LogP contribution in [0.5, 0.6) is 0 Å². The fraction of sp³-hybridized carbons (Fsp3) is 0.500. The summed E-state index contributed by atoms with van der Waals surface area (Å²) in [5, 5.41) is 10.9. The lowest BCUT2D eigenvalue weighted by atomic mass is 10.3. The van der Waals surface area contributed by atoms with Gasteiger partial charge in [-0.25, -0.2) is 8.42 Å². The van der Waals surface area contributed by atoms with Gasteiger partial charge in [0.15, 0.2) is 0 Å². The van der Waals surface area contributed by atoms with Crippen molar-refractivity contribution in [2.75, 3.05) is 4.72 Å². The van der Waals surface area contributed by atoms with Crippen molar-refractivity contribution >= 4 is 26.5 Å². The normalized spacial score (nSPS) is 12.0. The quantitative estimate of drug-likeness (QED) is 0.806. The summed E-state index contributed by atoms with van der Waals surface area (Å²) in [4.78, 5) is 0.236. The number of rotatable bonds is 7. The van der Waals surface area contributed by atoms with Gasteiger partial charge in [-0.2, -0.15) is 0 Å². The first-order valence-corrected chi connectivity index (χ1v) is 9.00. The Morgan fingerprint density at radius 1 is 1.43 bits per heavy atom. The van der Waals surface area contributed by atoms with E-state index in [0.29, 0.717) is 19.1 Å². The molecule has 0 aliphatic carbocycles. The SMILES string of the molecule is CCn1cc(S(=O)(=O)Nc2nncs2)cc1CNC(C)C. The van der Waals surface area contributed by atoms with Gasteiger partial charge in [0.05, 0.1) is 0 Å². The van der Waals surface area contributed by atoms with Crippen LogP contribution >= 0.6 is 11.3 Å². The molecular weight excluding hydrogens is 310 g/mol. The van der Waals surface area contributed by atoms with Gasteiger partial charge in [0.25, 0.3) is 10.0 Å². The molecule has 21 heavy (non-hydrogen) atoms. The fourth-order valence-electron chi connectivity index (χ4n) is 1.81. The van der Waals surface area contributed by atoms with Crippen LogP contribution in [0.1, 0.15) is 26.5 Å². The molecule has 0 aromatic carbocycles. The van der Waals surface area contributed by atoms with E-state index in [1.165, 1.54) is 5.51 Å². The van der Waals surface area contributed by atoms with Crippen LogP contribution in [0.3, 0.4) is 0 Å². The predicted molar refractivity (Wildman–Crippen MR) is 82.8 cm³/mol. The number of hydrogen-bond acceptors (Lipinski definition) is 6. The summed E-state index contributed by atoms with van der Waals surface area (Å²) in [6.07, 6.45) is 1.64. The molecule has 116 valence electrons. The van der Waals surface area contributed by atoms with Crippen LogP contribution in [0.25, 0.3) is 0 Å². The first-order valence-electron chi connectivity index (χ1n) is 6.63. The van der Waals surface area contributed by atoms with Gasteiger partial charge in [-0.3, -0.25) is 4.72 Å². The second-order valence-electron chi connectivity index (χ2n) is 4.84. The topological polar surface area (TPSA) is 88.9 Å². The predicted octanol–water partition coefficient (Wildman–Crippen LogP) is 1.66. The summed E-state index contributed by atoms with van der Waals surface area (Å²) in [7, 11) is -3.62. The molecule has 0 amide bonds. The van der Waals surface area contributed by atoms with Crippen molar-refractivity contribution in [1.29, 1.82) is 0 Å². The molecule has 0 fully saturated rings. The molecule has 0 radical (unpaired) electrons. The van der Waals surface area contributed by atoms with E-state index in [1.807, 2.05) is 25.3 Å². The molecule has 7 nitrogen and oxygen atoms in total. The summed E-state index contributed by atoms with van der Waals surface area (Å²) in [6, 6.07) is 2.02. The van der Waals surface area contributed by atoms with Crippen molar-refractivity contribution in [3.8, 4) is 0 Å². The molecule has 2 heterocycles. The van der Waals surface area contributed by atoms with Crippen molar-refractivity contribution in [2.45, 2.75) is 44.8 Å². The smallest absolute Gasteiger partial charge is 0.265 e. The highest BCUT2D eigenvalue weighted by Gasteiger charge is 2.19. The number of hydrogen-bond donors (Lipinski definition) is 2. The van der Waals surface area contributed by atoms with E-state index in [1.54, 1.807) is 12.3 Å². The summed E-state index contributed by atoms with van der Waals surface area (Å²) in [6.45, 7) is 7.42. The third-order valence-corrected chi connectivity index (χ3v) is 4.93. The molecule has 2 rings (SSSR count). The maximum Gasteiger partial charge on any atom is 0.265 e. The van der Waals surface area contributed by atoms with Gasteiger partial charge in [-0.15, -0.1) is 10.2 Å². The Morgan fingerprint density at radius 2 is 2.19 bits per heavy atom. The highest BCUT2D eigenvalue weighted by molar-refractivity contribution is 7.93. The number of aryl methyl sites for hydroxylation is 1. The second kappa shape index (κ2) is 6.54. The van der Waals surface area contributed by atoms with E-state index in [2.05, 4.69) is 20.2 Å². The highest BCUT2D eigenvalue weighted by Crippen LogP contribution is 2.19. The molecule has 0 saturated carbocycles. The molecule has 0 unspecified atom stereocenters. The Hall–Kier alpha value is -1.45. The van der Waals surface area contributed by atoms with Crippen molar-refractivity contribution in [1.82, 2.24) is 20.1 Å². The maximum atomic E-state index is 12.3. The van der Waals surface area contributed by atoms with E-state index in [0.717, 1.165) is 17.0 Å². The molecule has 0 atom stereocenters. The lowest BCUT2D eigenvalue weighted by molar-refractivity contribution is 0.561. The van der Waals surface area contributed by atoms with Gasteiger partial charge >= 0.3 is 0 Å². The Morgan fingerprint density at radius 3 is 2.76 bits per heavy atom. The number of aromatic nitrogens is 3. The fourth-order valence-corrected chi connectivity index (χ4v) is 3.57. The maximum absolute atomic E-state index is 12.3. The molecular formula is C12H19N5O2S2. The lowest BCUT2D eigenvalue weighted by Crippen LogP contribution is -2.23. The van der Waals surface area contributed by atoms with Crippen LogP contribution in [0, 0.1) is 0 Å². The highest BCUT2D eigenvalue weighted by atomic mass is 32.2. The number of nitrogens with zero attached hydrogens (tertiary/aromatic N) is 3. The number of nitrogens with one attached hydrogen (secondary N) is 2. The van der Waals surface area contributed by atoms with Crippen molar-refractivity contribution in [3.05, 3.63) is 23.5 Å². The minimum absolute atomic E-state index is 0.236. The number of anilines is 1. The Kier molecular flexibility index (Phi) is 4.96. The monoisotopic (exact) mass is 329 g/mol. The first-order chi connectivity index (χ1) is 9.92. The lowest BCUT2D eigenvalue weighted by Gasteiger charge is -2.09. The van der Waals surface area contributed by atoms with Gasteiger partial charge in [0.2, 0.25) is 5.13 Å². The average Bonchev–Trinajstić information content (AvgIpc) is 3.04. The third-order valence-electron chi connectivity index (χ3n) is 2.88. The molecule has 9 heteroatoms. The Labute approximate surface area is 128 Å². The first kappa shape index (κ1) is 15.9. The molecule has 2 N–H and O–H groups in total. The van der Waals surface area contributed by atoms with Crippen molar-refractivity contribution in [2.24, 2.45) is 0 Å². The summed E-state index contributed by atoms with van der Waals surface area (Å²) < 4.78 is 29.0. The summed E-state index contributed by atoms with van der Waals surface area (Å²) >= 11 is 1.14. The molecule has 2 aromatic rings. The van der Waals surface area contributed by atoms with E-state index in [9.17, 15) is 8.42 Å². The summed E-state index contributed by atoms with van der Waals surface area (Å²) in [5.74, 6) is 0. The van der Waals surface area contributed by atoms with Gasteiger partial charge in [-0.05, 0) is 13.0 Å². The zero-order valence-corrected chi connectivity index (χ0v) is 13.8. The number of sulfonamides is 1. The van der Waals surface area contributed by atoms with Gasteiger partial charge in [0.1, 0.15) is 10.4 Å². The zero-order valence-electron chi connectivity index (χ0n) is 12.2. The minimum Gasteiger partial charge on any atom is -0.349 e. The molecule has 0 aliphatic rings.